The maximum Gasteiger partial charge on any atom is 0.337 e. The molecule has 0 heterocycles. The zero-order valence-corrected chi connectivity index (χ0v) is 17.1. The first kappa shape index (κ1) is 19.4. The van der Waals surface area contributed by atoms with E-state index in [1.54, 1.807) is 0 Å². The lowest BCUT2D eigenvalue weighted by molar-refractivity contribution is 0.0600. The summed E-state index contributed by atoms with van der Waals surface area (Å²) in [6, 6.07) is 18.5. The number of hydrogen-bond donors (Lipinski definition) is 0. The van der Waals surface area contributed by atoms with Gasteiger partial charge in [0.15, 0.2) is 0 Å². The third kappa shape index (κ3) is 4.50. The Balaban J connectivity index is 2.14. The molecular weight excluding hydrogens is 332 g/mol. The molecule has 0 atom stereocenters. The molecule has 1 fully saturated rings. The van der Waals surface area contributed by atoms with E-state index in [2.05, 4.69) is 70.2 Å². The lowest BCUT2D eigenvalue weighted by Crippen LogP contribution is -2.30. The van der Waals surface area contributed by atoms with Crippen LogP contribution in [0.15, 0.2) is 60.2 Å². The number of rotatable bonds is 3. The van der Waals surface area contributed by atoms with Gasteiger partial charge in [-0.15, -0.1) is 0 Å². The van der Waals surface area contributed by atoms with Gasteiger partial charge in [-0.1, -0.05) is 75.7 Å². The molecule has 2 aromatic rings. The Morgan fingerprint density at radius 1 is 0.778 bits per heavy atom. The number of carbonyl (C=O) groups excluding carboxylic acids is 1. The van der Waals surface area contributed by atoms with Crippen LogP contribution in [0.4, 0.5) is 0 Å². The largest absolute Gasteiger partial charge is 0.465 e. The monoisotopic (exact) mass is 362 g/mol. The van der Waals surface area contributed by atoms with Crippen molar-refractivity contribution >= 4 is 11.5 Å². The van der Waals surface area contributed by atoms with Gasteiger partial charge in [-0.25, -0.2) is 4.79 Å². The van der Waals surface area contributed by atoms with E-state index in [0.29, 0.717) is 5.56 Å². The van der Waals surface area contributed by atoms with Crippen molar-refractivity contribution in [2.24, 2.45) is 10.8 Å². The lowest BCUT2D eigenvalue weighted by atomic mass is 9.62. The van der Waals surface area contributed by atoms with Gasteiger partial charge in [0.2, 0.25) is 0 Å². The van der Waals surface area contributed by atoms with Gasteiger partial charge in [-0.3, -0.25) is 0 Å². The average Bonchev–Trinajstić information content (AvgIpc) is 2.60. The molecule has 0 spiro atoms. The molecule has 2 heteroatoms. The minimum Gasteiger partial charge on any atom is -0.465 e. The summed E-state index contributed by atoms with van der Waals surface area (Å²) in [5, 5.41) is 0. The van der Waals surface area contributed by atoms with Gasteiger partial charge >= 0.3 is 5.97 Å². The van der Waals surface area contributed by atoms with Crippen LogP contribution in [0.1, 0.15) is 68.4 Å². The van der Waals surface area contributed by atoms with E-state index in [1.807, 2.05) is 12.1 Å². The third-order valence-electron chi connectivity index (χ3n) is 5.35. The Morgan fingerprint density at radius 2 is 1.26 bits per heavy atom. The maximum atomic E-state index is 11.8. The third-order valence-corrected chi connectivity index (χ3v) is 5.35. The van der Waals surface area contributed by atoms with Gasteiger partial charge in [-0.2, -0.15) is 0 Å². The molecule has 1 aliphatic carbocycles. The summed E-state index contributed by atoms with van der Waals surface area (Å²) < 4.78 is 4.84. The Morgan fingerprint density at radius 3 is 1.78 bits per heavy atom. The fraction of sp³-hybridized carbons (Fsp3) is 0.400. The number of hydrogen-bond acceptors (Lipinski definition) is 2. The highest BCUT2D eigenvalue weighted by atomic mass is 16.5. The highest BCUT2D eigenvalue weighted by Crippen LogP contribution is 2.50. The van der Waals surface area contributed by atoms with Crippen LogP contribution >= 0.6 is 0 Å². The second-order valence-electron chi connectivity index (χ2n) is 9.27. The number of esters is 1. The smallest absolute Gasteiger partial charge is 0.337 e. The van der Waals surface area contributed by atoms with Crippen molar-refractivity contribution in [1.29, 1.82) is 0 Å². The molecule has 1 aliphatic rings. The minimum atomic E-state index is -0.296. The summed E-state index contributed by atoms with van der Waals surface area (Å²) in [6.07, 6.45) is 3.42. The Bertz CT molecular complexity index is 822. The normalized spacial score (nSPS) is 18.0. The van der Waals surface area contributed by atoms with Gasteiger partial charge < -0.3 is 4.74 Å². The van der Waals surface area contributed by atoms with E-state index < -0.39 is 0 Å². The molecule has 0 unspecified atom stereocenters. The van der Waals surface area contributed by atoms with Crippen LogP contribution in [0.2, 0.25) is 0 Å². The van der Waals surface area contributed by atoms with Crippen LogP contribution in [0.5, 0.6) is 0 Å². The molecule has 3 rings (SSSR count). The van der Waals surface area contributed by atoms with Gasteiger partial charge in [0.25, 0.3) is 0 Å². The highest BCUT2D eigenvalue weighted by Gasteiger charge is 2.37. The molecule has 0 bridgehead atoms. The van der Waals surface area contributed by atoms with Crippen LogP contribution in [0, 0.1) is 10.8 Å². The van der Waals surface area contributed by atoms with E-state index >= 15 is 0 Å². The molecule has 0 amide bonds. The van der Waals surface area contributed by atoms with Crippen LogP contribution in [-0.2, 0) is 4.74 Å². The topological polar surface area (TPSA) is 26.3 Å². The second kappa shape index (κ2) is 7.34. The van der Waals surface area contributed by atoms with Crippen molar-refractivity contribution in [3.63, 3.8) is 0 Å². The number of carbonyl (C=O) groups is 1. The summed E-state index contributed by atoms with van der Waals surface area (Å²) >= 11 is 0. The Hall–Kier alpha value is -2.35. The zero-order valence-electron chi connectivity index (χ0n) is 17.1. The number of benzene rings is 2. The number of allylic oxidation sites excluding steroid dienone is 1. The van der Waals surface area contributed by atoms with E-state index in [0.717, 1.165) is 18.4 Å². The second-order valence-corrected chi connectivity index (χ2v) is 9.27. The Kier molecular flexibility index (Phi) is 5.28. The van der Waals surface area contributed by atoms with Crippen molar-refractivity contribution in [3.8, 4) is 0 Å². The first-order valence-electron chi connectivity index (χ1n) is 9.67. The molecule has 0 aliphatic heterocycles. The summed E-state index contributed by atoms with van der Waals surface area (Å²) in [5.74, 6) is -0.296. The summed E-state index contributed by atoms with van der Waals surface area (Å²) in [6.45, 7) is 9.49. The zero-order chi connectivity index (χ0) is 19.7. The predicted molar refractivity (Wildman–Crippen MR) is 112 cm³/mol. The molecule has 0 saturated heterocycles. The van der Waals surface area contributed by atoms with Crippen molar-refractivity contribution < 1.29 is 9.53 Å². The molecule has 0 aromatic heterocycles. The fourth-order valence-electron chi connectivity index (χ4n) is 4.89. The van der Waals surface area contributed by atoms with E-state index in [-0.39, 0.29) is 16.8 Å². The molecular formula is C25H30O2. The average molecular weight is 363 g/mol. The first-order valence-corrected chi connectivity index (χ1v) is 9.67. The summed E-state index contributed by atoms with van der Waals surface area (Å²) in [5.41, 5.74) is 6.37. The van der Waals surface area contributed by atoms with E-state index in [9.17, 15) is 4.79 Å². The summed E-state index contributed by atoms with van der Waals surface area (Å²) in [4.78, 5) is 11.8. The lowest BCUT2D eigenvalue weighted by Gasteiger charge is -2.43. The standard InChI is InChI=1S/C25H30O2/c1-24(2)15-21(16-25(3,4)17-24)22(18-9-7-6-8-10-18)19-11-13-20(14-12-19)23(26)27-5/h6-14H,15-17H2,1-5H3. The van der Waals surface area contributed by atoms with E-state index in [1.165, 1.54) is 30.2 Å². The van der Waals surface area contributed by atoms with Crippen molar-refractivity contribution in [3.05, 3.63) is 76.9 Å². The molecule has 27 heavy (non-hydrogen) atoms. The SMILES string of the molecule is COC(=O)c1ccc(C(=C2CC(C)(C)CC(C)(C)C2)c2ccccc2)cc1. The molecule has 1 saturated carbocycles. The molecule has 142 valence electrons. The first-order chi connectivity index (χ1) is 12.7. The maximum absolute atomic E-state index is 11.8. The van der Waals surface area contributed by atoms with Crippen LogP contribution < -0.4 is 0 Å². The Labute approximate surface area is 163 Å². The van der Waals surface area contributed by atoms with Crippen LogP contribution in [-0.4, -0.2) is 13.1 Å². The molecule has 2 aromatic carbocycles. The van der Waals surface area contributed by atoms with Gasteiger partial charge in [-0.05, 0) is 58.9 Å². The van der Waals surface area contributed by atoms with Crippen LogP contribution in [0.25, 0.3) is 5.57 Å². The summed E-state index contributed by atoms with van der Waals surface area (Å²) in [7, 11) is 1.42. The molecule has 2 nitrogen and oxygen atoms in total. The van der Waals surface area contributed by atoms with Gasteiger partial charge in [0.1, 0.15) is 0 Å². The minimum absolute atomic E-state index is 0.281. The van der Waals surface area contributed by atoms with Gasteiger partial charge in [0, 0.05) is 0 Å². The molecule has 0 N–H and O–H groups in total. The van der Waals surface area contributed by atoms with Crippen molar-refractivity contribution in [2.45, 2.75) is 47.0 Å². The van der Waals surface area contributed by atoms with Crippen LogP contribution in [0.3, 0.4) is 0 Å². The van der Waals surface area contributed by atoms with E-state index in [4.69, 9.17) is 4.74 Å². The van der Waals surface area contributed by atoms with Crippen molar-refractivity contribution in [2.75, 3.05) is 7.11 Å². The molecule has 0 radical (unpaired) electrons. The van der Waals surface area contributed by atoms with Crippen molar-refractivity contribution in [1.82, 2.24) is 0 Å². The highest BCUT2D eigenvalue weighted by molar-refractivity contribution is 5.90. The number of methoxy groups -OCH3 is 1. The predicted octanol–water partition coefficient (Wildman–Crippen LogP) is 6.51. The fourth-order valence-corrected chi connectivity index (χ4v) is 4.89. The van der Waals surface area contributed by atoms with Gasteiger partial charge in [0.05, 0.1) is 12.7 Å². The number of ether oxygens (including phenoxy) is 1. The quantitative estimate of drug-likeness (QED) is 0.582.